The maximum Gasteiger partial charge on any atom is 0.238 e. The molecule has 88 valence electrons. The smallest absolute Gasteiger partial charge is 0.238 e. The van der Waals surface area contributed by atoms with E-state index in [4.69, 9.17) is 22.1 Å². The van der Waals surface area contributed by atoms with Crippen molar-refractivity contribution in [1.29, 1.82) is 0 Å². The molecule has 0 spiro atoms. The first-order valence-electron chi connectivity index (χ1n) is 4.92. The lowest BCUT2D eigenvalue weighted by Crippen LogP contribution is -1.96. The third kappa shape index (κ3) is 2.70. The topological polar surface area (TPSA) is 48.1 Å². The molecular formula is C12H10BrClN2O. The SMILES string of the molecule is Cc1cccc(Oc2ncc(Br)cc2Cl)c1N. The lowest BCUT2D eigenvalue weighted by Gasteiger charge is -2.10. The first kappa shape index (κ1) is 12.2. The molecule has 0 radical (unpaired) electrons. The van der Waals surface area contributed by atoms with E-state index in [0.29, 0.717) is 22.3 Å². The third-order valence-corrected chi connectivity index (χ3v) is 2.97. The molecule has 2 rings (SSSR count). The molecule has 0 aliphatic heterocycles. The number of anilines is 1. The molecule has 0 fully saturated rings. The number of nitrogens with zero attached hydrogens (tertiary/aromatic N) is 1. The predicted octanol–water partition coefficient (Wildman–Crippen LogP) is 4.18. The highest BCUT2D eigenvalue weighted by atomic mass is 79.9. The molecule has 1 aromatic carbocycles. The van der Waals surface area contributed by atoms with Crippen LogP contribution in [0.2, 0.25) is 5.02 Å². The van der Waals surface area contributed by atoms with E-state index < -0.39 is 0 Å². The van der Waals surface area contributed by atoms with E-state index in [2.05, 4.69) is 20.9 Å². The quantitative estimate of drug-likeness (QED) is 0.846. The molecule has 1 heterocycles. The van der Waals surface area contributed by atoms with Crippen molar-refractivity contribution < 1.29 is 4.74 Å². The zero-order chi connectivity index (χ0) is 12.4. The fourth-order valence-corrected chi connectivity index (χ4v) is 1.99. The van der Waals surface area contributed by atoms with Crippen molar-refractivity contribution in [3.05, 3.63) is 45.5 Å². The first-order valence-corrected chi connectivity index (χ1v) is 6.09. The van der Waals surface area contributed by atoms with Gasteiger partial charge in [0, 0.05) is 10.7 Å². The summed E-state index contributed by atoms with van der Waals surface area (Å²) in [7, 11) is 0. The van der Waals surface area contributed by atoms with Crippen molar-refractivity contribution in [2.45, 2.75) is 6.92 Å². The number of aromatic nitrogens is 1. The van der Waals surface area contributed by atoms with Gasteiger partial charge in [0.1, 0.15) is 5.02 Å². The van der Waals surface area contributed by atoms with Crippen molar-refractivity contribution >= 4 is 33.2 Å². The predicted molar refractivity (Wildman–Crippen MR) is 72.6 cm³/mol. The van der Waals surface area contributed by atoms with Gasteiger partial charge in [-0.25, -0.2) is 4.98 Å². The molecule has 0 saturated heterocycles. The van der Waals surface area contributed by atoms with Gasteiger partial charge >= 0.3 is 0 Å². The minimum Gasteiger partial charge on any atom is -0.435 e. The van der Waals surface area contributed by atoms with Gasteiger partial charge < -0.3 is 10.5 Å². The van der Waals surface area contributed by atoms with Gasteiger partial charge in [0.15, 0.2) is 5.75 Å². The van der Waals surface area contributed by atoms with Gasteiger partial charge in [-0.1, -0.05) is 23.7 Å². The number of para-hydroxylation sites is 1. The Labute approximate surface area is 113 Å². The molecule has 2 N–H and O–H groups in total. The molecule has 0 unspecified atom stereocenters. The average molecular weight is 314 g/mol. The van der Waals surface area contributed by atoms with Crippen molar-refractivity contribution in [3.63, 3.8) is 0 Å². The number of benzene rings is 1. The molecular weight excluding hydrogens is 304 g/mol. The molecule has 3 nitrogen and oxygen atoms in total. The molecule has 0 aliphatic carbocycles. The van der Waals surface area contributed by atoms with Crippen LogP contribution in [-0.4, -0.2) is 4.98 Å². The summed E-state index contributed by atoms with van der Waals surface area (Å²) in [6, 6.07) is 7.28. The Hall–Kier alpha value is -1.26. The first-order chi connectivity index (χ1) is 8.08. The molecule has 1 aromatic heterocycles. The molecule has 2 aromatic rings. The molecule has 0 amide bonds. The van der Waals surface area contributed by atoms with Crippen LogP contribution in [0.25, 0.3) is 0 Å². The highest BCUT2D eigenvalue weighted by molar-refractivity contribution is 9.10. The molecule has 0 saturated carbocycles. The van der Waals surface area contributed by atoms with E-state index in [1.807, 2.05) is 19.1 Å². The van der Waals surface area contributed by atoms with Gasteiger partial charge in [-0.2, -0.15) is 0 Å². The summed E-state index contributed by atoms with van der Waals surface area (Å²) in [6.07, 6.45) is 1.62. The Bertz CT molecular complexity index is 560. The summed E-state index contributed by atoms with van der Waals surface area (Å²) in [4.78, 5) is 4.09. The number of pyridine rings is 1. The highest BCUT2D eigenvalue weighted by Crippen LogP contribution is 2.33. The summed E-state index contributed by atoms with van der Waals surface area (Å²) in [5.41, 5.74) is 7.45. The van der Waals surface area contributed by atoms with E-state index in [1.165, 1.54) is 0 Å². The molecule has 0 bridgehead atoms. The lowest BCUT2D eigenvalue weighted by atomic mass is 10.2. The fourth-order valence-electron chi connectivity index (χ4n) is 1.32. The van der Waals surface area contributed by atoms with Crippen LogP contribution in [0.1, 0.15) is 5.56 Å². The number of hydrogen-bond acceptors (Lipinski definition) is 3. The van der Waals surface area contributed by atoms with Gasteiger partial charge in [0.2, 0.25) is 5.88 Å². The minimum atomic E-state index is 0.340. The van der Waals surface area contributed by atoms with Gasteiger partial charge in [-0.15, -0.1) is 0 Å². The van der Waals surface area contributed by atoms with E-state index in [9.17, 15) is 0 Å². The zero-order valence-electron chi connectivity index (χ0n) is 9.08. The zero-order valence-corrected chi connectivity index (χ0v) is 11.4. The number of nitrogen functional groups attached to an aromatic ring is 1. The summed E-state index contributed by atoms with van der Waals surface area (Å²) in [6.45, 7) is 1.92. The lowest BCUT2D eigenvalue weighted by molar-refractivity contribution is 0.465. The Morgan fingerprint density at radius 2 is 2.18 bits per heavy atom. The van der Waals surface area contributed by atoms with Crippen molar-refractivity contribution in [2.24, 2.45) is 0 Å². The summed E-state index contributed by atoms with van der Waals surface area (Å²) < 4.78 is 6.39. The van der Waals surface area contributed by atoms with Crippen LogP contribution in [0.4, 0.5) is 5.69 Å². The van der Waals surface area contributed by atoms with Crippen LogP contribution in [0.3, 0.4) is 0 Å². The van der Waals surface area contributed by atoms with Crippen LogP contribution >= 0.6 is 27.5 Å². The monoisotopic (exact) mass is 312 g/mol. The highest BCUT2D eigenvalue weighted by Gasteiger charge is 2.08. The number of aryl methyl sites for hydroxylation is 1. The van der Waals surface area contributed by atoms with E-state index in [-0.39, 0.29) is 0 Å². The maximum atomic E-state index is 6.01. The van der Waals surface area contributed by atoms with Crippen LogP contribution < -0.4 is 10.5 Å². The van der Waals surface area contributed by atoms with Crippen LogP contribution in [0, 0.1) is 6.92 Å². The third-order valence-electron chi connectivity index (χ3n) is 2.26. The van der Waals surface area contributed by atoms with Gasteiger partial charge in [-0.3, -0.25) is 0 Å². The maximum absolute atomic E-state index is 6.01. The molecule has 5 heteroatoms. The van der Waals surface area contributed by atoms with Crippen LogP contribution in [0.15, 0.2) is 34.9 Å². The average Bonchev–Trinajstić information content (AvgIpc) is 2.28. The fraction of sp³-hybridized carbons (Fsp3) is 0.0833. The van der Waals surface area contributed by atoms with E-state index in [0.717, 1.165) is 10.0 Å². The van der Waals surface area contributed by atoms with Crippen molar-refractivity contribution in [2.75, 3.05) is 5.73 Å². The second-order valence-electron chi connectivity index (χ2n) is 3.53. The van der Waals surface area contributed by atoms with Crippen LogP contribution in [0.5, 0.6) is 11.6 Å². The number of halogens is 2. The normalized spacial score (nSPS) is 10.3. The largest absolute Gasteiger partial charge is 0.435 e. The number of nitrogens with two attached hydrogens (primary N) is 1. The summed E-state index contributed by atoms with van der Waals surface area (Å²) in [5.74, 6) is 0.897. The van der Waals surface area contributed by atoms with E-state index in [1.54, 1.807) is 18.3 Å². The second-order valence-corrected chi connectivity index (χ2v) is 4.85. The number of ether oxygens (including phenoxy) is 1. The van der Waals surface area contributed by atoms with Gasteiger partial charge in [0.25, 0.3) is 0 Å². The summed E-state index contributed by atoms with van der Waals surface area (Å²) in [5, 5.41) is 0.431. The summed E-state index contributed by atoms with van der Waals surface area (Å²) >= 11 is 9.29. The number of rotatable bonds is 2. The molecule has 17 heavy (non-hydrogen) atoms. The van der Waals surface area contributed by atoms with Crippen molar-refractivity contribution in [3.8, 4) is 11.6 Å². The second kappa shape index (κ2) is 4.94. The Balaban J connectivity index is 2.35. The number of hydrogen-bond donors (Lipinski definition) is 1. The Kier molecular flexibility index (Phi) is 3.54. The molecule has 0 aliphatic rings. The van der Waals surface area contributed by atoms with Gasteiger partial charge in [-0.05, 0) is 40.5 Å². The van der Waals surface area contributed by atoms with E-state index >= 15 is 0 Å². The Morgan fingerprint density at radius 3 is 2.88 bits per heavy atom. The van der Waals surface area contributed by atoms with Crippen molar-refractivity contribution in [1.82, 2.24) is 4.98 Å². The standard InChI is InChI=1S/C12H10BrClN2O/c1-7-3-2-4-10(11(7)15)17-12-9(14)5-8(13)6-16-12/h2-6H,15H2,1H3. The Morgan fingerprint density at radius 1 is 1.41 bits per heavy atom. The van der Waals surface area contributed by atoms with Gasteiger partial charge in [0.05, 0.1) is 5.69 Å². The minimum absolute atomic E-state index is 0.340. The molecule has 0 atom stereocenters. The van der Waals surface area contributed by atoms with Crippen LogP contribution in [-0.2, 0) is 0 Å².